The van der Waals surface area contributed by atoms with Gasteiger partial charge in [-0.1, -0.05) is 6.07 Å². The van der Waals surface area contributed by atoms with Gasteiger partial charge in [-0.15, -0.1) is 11.3 Å². The minimum absolute atomic E-state index is 0.183. The van der Waals surface area contributed by atoms with Gasteiger partial charge in [-0.3, -0.25) is 9.59 Å². The van der Waals surface area contributed by atoms with Gasteiger partial charge in [-0.25, -0.2) is 0 Å². The summed E-state index contributed by atoms with van der Waals surface area (Å²) in [5.41, 5.74) is 3.77. The highest BCUT2D eigenvalue weighted by atomic mass is 32.1. The van der Waals surface area contributed by atoms with Crippen LogP contribution in [-0.2, 0) is 0 Å². The van der Waals surface area contributed by atoms with Crippen molar-refractivity contribution in [2.75, 3.05) is 17.3 Å². The van der Waals surface area contributed by atoms with Crippen LogP contribution in [0.25, 0.3) is 0 Å². The number of nitrogens with one attached hydrogen (secondary N) is 1. The smallest absolute Gasteiger partial charge is 0.265 e. The number of nitrogens with zero attached hydrogens (tertiary/aromatic N) is 1. The molecule has 2 amide bonds. The van der Waals surface area contributed by atoms with E-state index in [9.17, 15) is 9.59 Å². The molecule has 0 atom stereocenters. The first-order chi connectivity index (χ1) is 12.9. The summed E-state index contributed by atoms with van der Waals surface area (Å²) in [6.07, 6.45) is 0. The van der Waals surface area contributed by atoms with E-state index in [0.29, 0.717) is 27.6 Å². The fraction of sp³-hybridized carbons (Fsp3) is 0.143. The predicted molar refractivity (Wildman–Crippen MR) is 107 cm³/mol. The fourth-order valence-electron chi connectivity index (χ4n) is 2.99. The van der Waals surface area contributed by atoms with Crippen molar-refractivity contribution < 1.29 is 14.3 Å². The molecule has 0 aliphatic carbocycles. The van der Waals surface area contributed by atoms with E-state index in [2.05, 4.69) is 5.32 Å². The summed E-state index contributed by atoms with van der Waals surface area (Å²) in [4.78, 5) is 27.6. The molecule has 0 radical (unpaired) electrons. The largest absolute Gasteiger partial charge is 0.454 e. The number of anilines is 2. The minimum Gasteiger partial charge on any atom is -0.454 e. The Hall–Kier alpha value is -3.12. The Morgan fingerprint density at radius 3 is 2.56 bits per heavy atom. The maximum Gasteiger partial charge on any atom is 0.265 e. The first kappa shape index (κ1) is 17.3. The fourth-order valence-corrected chi connectivity index (χ4v) is 3.78. The first-order valence-electron chi connectivity index (χ1n) is 8.49. The highest BCUT2D eigenvalue weighted by Gasteiger charge is 2.26. The van der Waals surface area contributed by atoms with Gasteiger partial charge in [0.2, 0.25) is 0 Å². The Kier molecular flexibility index (Phi) is 4.20. The van der Waals surface area contributed by atoms with E-state index in [1.807, 2.05) is 43.5 Å². The summed E-state index contributed by atoms with van der Waals surface area (Å²) in [6, 6.07) is 12.7. The zero-order valence-electron chi connectivity index (χ0n) is 15.2. The Morgan fingerprint density at radius 2 is 1.81 bits per heavy atom. The summed E-state index contributed by atoms with van der Waals surface area (Å²) < 4.78 is 5.97. The Bertz CT molecular complexity index is 1070. The van der Waals surface area contributed by atoms with Gasteiger partial charge in [0.05, 0.1) is 16.1 Å². The van der Waals surface area contributed by atoms with Gasteiger partial charge in [0, 0.05) is 12.7 Å². The van der Waals surface area contributed by atoms with Crippen LogP contribution in [0.4, 0.5) is 11.4 Å². The maximum atomic E-state index is 13.0. The molecule has 0 saturated heterocycles. The molecular formula is C21H18N2O3S. The third-order valence-corrected chi connectivity index (χ3v) is 5.47. The summed E-state index contributed by atoms with van der Waals surface area (Å²) in [7, 11) is 1.72. The van der Waals surface area contributed by atoms with Gasteiger partial charge in [0.15, 0.2) is 5.75 Å². The van der Waals surface area contributed by atoms with E-state index < -0.39 is 0 Å². The highest BCUT2D eigenvalue weighted by Crippen LogP contribution is 2.39. The number of amides is 2. The molecule has 1 aliphatic heterocycles. The monoisotopic (exact) mass is 378 g/mol. The van der Waals surface area contributed by atoms with Crippen molar-refractivity contribution in [2.45, 2.75) is 13.8 Å². The van der Waals surface area contributed by atoms with Gasteiger partial charge in [0.25, 0.3) is 11.8 Å². The van der Waals surface area contributed by atoms with Crippen LogP contribution in [0.3, 0.4) is 0 Å². The van der Waals surface area contributed by atoms with Gasteiger partial charge >= 0.3 is 0 Å². The Labute approximate surface area is 161 Å². The third-order valence-electron chi connectivity index (χ3n) is 4.42. The standard InChI is InChI=1S/C21H18N2O3S/c1-12-4-6-18-16(8-12)23(3)21(25)15-10-14(5-7-17(15)26-18)22-20(24)19-9-13(2)11-27-19/h4-11H,1-3H3,(H,22,24). The van der Waals surface area contributed by atoms with Crippen molar-refractivity contribution in [3.05, 3.63) is 69.4 Å². The van der Waals surface area contributed by atoms with Crippen LogP contribution in [0.15, 0.2) is 47.8 Å². The predicted octanol–water partition coefficient (Wildman–Crippen LogP) is 5.00. The number of benzene rings is 2. The van der Waals surface area contributed by atoms with Crippen molar-refractivity contribution in [1.29, 1.82) is 0 Å². The third kappa shape index (κ3) is 3.19. The lowest BCUT2D eigenvalue weighted by Gasteiger charge is -2.16. The second kappa shape index (κ2) is 6.55. The number of carbonyl (C=O) groups is 2. The van der Waals surface area contributed by atoms with Gasteiger partial charge in [0.1, 0.15) is 5.75 Å². The van der Waals surface area contributed by atoms with Crippen molar-refractivity contribution in [2.24, 2.45) is 0 Å². The molecule has 0 fully saturated rings. The molecule has 4 rings (SSSR count). The number of thiophene rings is 1. The number of ether oxygens (including phenoxy) is 1. The minimum atomic E-state index is -0.192. The SMILES string of the molecule is Cc1csc(C(=O)Nc2ccc3c(c2)C(=O)N(C)c2cc(C)ccc2O3)c1. The lowest BCUT2D eigenvalue weighted by atomic mass is 10.1. The van der Waals surface area contributed by atoms with E-state index in [-0.39, 0.29) is 11.8 Å². The molecule has 5 nitrogen and oxygen atoms in total. The summed E-state index contributed by atoms with van der Waals surface area (Å²) >= 11 is 1.39. The second-order valence-electron chi connectivity index (χ2n) is 6.59. The lowest BCUT2D eigenvalue weighted by Crippen LogP contribution is -2.25. The van der Waals surface area contributed by atoms with Gasteiger partial charge < -0.3 is 15.0 Å². The number of hydrogen-bond donors (Lipinski definition) is 1. The van der Waals surface area contributed by atoms with Crippen LogP contribution in [0.1, 0.15) is 31.2 Å². The maximum absolute atomic E-state index is 13.0. The number of rotatable bonds is 2. The van der Waals surface area contributed by atoms with Crippen molar-refractivity contribution in [3.63, 3.8) is 0 Å². The van der Waals surface area contributed by atoms with E-state index in [4.69, 9.17) is 4.74 Å². The van der Waals surface area contributed by atoms with Crippen molar-refractivity contribution in [3.8, 4) is 11.5 Å². The summed E-state index contributed by atoms with van der Waals surface area (Å²) in [5.74, 6) is 0.722. The number of fused-ring (bicyclic) bond motifs is 2. The molecule has 27 heavy (non-hydrogen) atoms. The summed E-state index contributed by atoms with van der Waals surface area (Å²) in [5, 5.41) is 4.78. The lowest BCUT2D eigenvalue weighted by molar-refractivity contribution is 0.0990. The molecule has 1 N–H and O–H groups in total. The summed E-state index contributed by atoms with van der Waals surface area (Å²) in [6.45, 7) is 3.91. The molecule has 6 heteroatoms. The molecule has 0 unspecified atom stereocenters. The second-order valence-corrected chi connectivity index (χ2v) is 7.50. The number of carbonyl (C=O) groups excluding carboxylic acids is 2. The highest BCUT2D eigenvalue weighted by molar-refractivity contribution is 7.12. The van der Waals surface area contributed by atoms with Crippen LogP contribution in [0.2, 0.25) is 0 Å². The van der Waals surface area contributed by atoms with E-state index in [0.717, 1.165) is 16.8 Å². The van der Waals surface area contributed by atoms with Crippen LogP contribution in [0, 0.1) is 13.8 Å². The quantitative estimate of drug-likeness (QED) is 0.683. The molecule has 1 aliphatic rings. The van der Waals surface area contributed by atoms with Gasteiger partial charge in [-0.05, 0) is 66.8 Å². The number of hydrogen-bond acceptors (Lipinski definition) is 4. The zero-order valence-corrected chi connectivity index (χ0v) is 16.0. The molecule has 136 valence electrons. The molecule has 0 saturated carbocycles. The molecule has 3 aromatic rings. The average molecular weight is 378 g/mol. The normalized spacial score (nSPS) is 12.7. The topological polar surface area (TPSA) is 58.6 Å². The van der Waals surface area contributed by atoms with Crippen molar-refractivity contribution in [1.82, 2.24) is 0 Å². The molecule has 0 bridgehead atoms. The van der Waals surface area contributed by atoms with Crippen LogP contribution >= 0.6 is 11.3 Å². The molecule has 0 spiro atoms. The average Bonchev–Trinajstić information content (AvgIpc) is 3.06. The molecule has 1 aromatic heterocycles. The first-order valence-corrected chi connectivity index (χ1v) is 9.37. The molecule has 2 heterocycles. The molecular weight excluding hydrogens is 360 g/mol. The Morgan fingerprint density at radius 1 is 1.04 bits per heavy atom. The van der Waals surface area contributed by atoms with E-state index in [1.165, 1.54) is 11.3 Å². The van der Waals surface area contributed by atoms with E-state index >= 15 is 0 Å². The zero-order chi connectivity index (χ0) is 19.1. The number of aryl methyl sites for hydroxylation is 2. The van der Waals surface area contributed by atoms with Crippen molar-refractivity contribution >= 4 is 34.5 Å². The Balaban J connectivity index is 1.67. The molecule has 2 aromatic carbocycles. The van der Waals surface area contributed by atoms with Crippen LogP contribution in [0.5, 0.6) is 11.5 Å². The van der Waals surface area contributed by atoms with Gasteiger partial charge in [-0.2, -0.15) is 0 Å². The van der Waals surface area contributed by atoms with Crippen LogP contribution in [-0.4, -0.2) is 18.9 Å². The van der Waals surface area contributed by atoms with Crippen LogP contribution < -0.4 is 15.0 Å². The van der Waals surface area contributed by atoms with E-state index in [1.54, 1.807) is 30.1 Å².